The van der Waals surface area contributed by atoms with E-state index in [1.54, 1.807) is 24.3 Å². The molecule has 0 heterocycles. The normalized spacial score (nSPS) is 8.75. The van der Waals surface area contributed by atoms with E-state index in [1.165, 1.54) is 0 Å². The van der Waals surface area contributed by atoms with Gasteiger partial charge in [-0.25, -0.2) is 4.79 Å². The van der Waals surface area contributed by atoms with E-state index in [2.05, 4.69) is 15.9 Å². The molecule has 1 rings (SSSR count). The van der Waals surface area contributed by atoms with Gasteiger partial charge in [0.15, 0.2) is 0 Å². The Morgan fingerprint density at radius 3 is 2.17 bits per heavy atom. The first-order chi connectivity index (χ1) is 5.24. The van der Waals surface area contributed by atoms with Gasteiger partial charge in [-0.15, -0.1) is 0 Å². The van der Waals surface area contributed by atoms with Gasteiger partial charge < -0.3 is 5.11 Å². The monoisotopic (exact) mass is 230 g/mol. The van der Waals surface area contributed by atoms with Crippen molar-refractivity contribution < 1.29 is 9.90 Å². The lowest BCUT2D eigenvalue weighted by Crippen LogP contribution is -1.95. The van der Waals surface area contributed by atoms with Crippen LogP contribution in [0.25, 0.3) is 0 Å². The summed E-state index contributed by atoms with van der Waals surface area (Å²) < 4.78 is 0. The number of hydrogen-bond acceptors (Lipinski definition) is 1. The molecule has 0 aliphatic carbocycles. The minimum absolute atomic E-state index is 0. The smallest absolute Gasteiger partial charge is 0.335 e. The molecular formula is C9H11BrO2. The van der Waals surface area contributed by atoms with E-state index in [4.69, 9.17) is 5.11 Å². The third kappa shape index (κ3) is 2.66. The number of alkyl halides is 1. The minimum Gasteiger partial charge on any atom is -0.478 e. The Bertz CT molecular complexity index is 254. The van der Waals surface area contributed by atoms with Gasteiger partial charge in [0.05, 0.1) is 5.56 Å². The molecule has 0 atom stereocenters. The molecule has 0 aliphatic rings. The summed E-state index contributed by atoms with van der Waals surface area (Å²) in [6, 6.07) is 6.77. The topological polar surface area (TPSA) is 37.3 Å². The average molecular weight is 231 g/mol. The molecule has 0 spiro atoms. The summed E-state index contributed by atoms with van der Waals surface area (Å²) in [5.74, 6) is -0.883. The molecule has 0 amide bonds. The maximum absolute atomic E-state index is 10.4. The summed E-state index contributed by atoms with van der Waals surface area (Å²) in [4.78, 5) is 10.4. The third-order valence-corrected chi connectivity index (χ3v) is 2.00. The first-order valence-corrected chi connectivity index (χ1v) is 4.24. The van der Waals surface area contributed by atoms with Crippen LogP contribution >= 0.6 is 15.9 Å². The predicted octanol–water partition coefficient (Wildman–Crippen LogP) is 2.92. The van der Waals surface area contributed by atoms with E-state index >= 15 is 0 Å². The van der Waals surface area contributed by atoms with Crippen LogP contribution in [0.4, 0.5) is 0 Å². The molecule has 0 fully saturated rings. The van der Waals surface area contributed by atoms with Gasteiger partial charge >= 0.3 is 5.97 Å². The van der Waals surface area contributed by atoms with Crippen LogP contribution in [0.3, 0.4) is 0 Å². The number of rotatable bonds is 2. The fourth-order valence-electron chi connectivity index (χ4n) is 0.736. The predicted molar refractivity (Wildman–Crippen MR) is 52.8 cm³/mol. The van der Waals surface area contributed by atoms with Gasteiger partial charge in [0.2, 0.25) is 0 Å². The van der Waals surface area contributed by atoms with Crippen molar-refractivity contribution in [2.75, 3.05) is 0 Å². The lowest BCUT2D eigenvalue weighted by Gasteiger charge is -1.95. The fraction of sp³-hybridized carbons (Fsp3) is 0.222. The van der Waals surface area contributed by atoms with Crippen molar-refractivity contribution in [1.29, 1.82) is 0 Å². The summed E-state index contributed by atoms with van der Waals surface area (Å²) in [6.45, 7) is 0. The Balaban J connectivity index is 0.00000121. The SMILES string of the molecule is C.O=C(O)c1ccc(CBr)cc1. The summed E-state index contributed by atoms with van der Waals surface area (Å²) >= 11 is 3.27. The highest BCUT2D eigenvalue weighted by Gasteiger charge is 1.99. The molecule has 0 aromatic heterocycles. The van der Waals surface area contributed by atoms with Gasteiger partial charge in [-0.1, -0.05) is 35.5 Å². The van der Waals surface area contributed by atoms with Crippen LogP contribution in [0, 0.1) is 0 Å². The molecule has 12 heavy (non-hydrogen) atoms. The zero-order valence-corrected chi connectivity index (χ0v) is 7.34. The molecule has 66 valence electrons. The number of halogens is 1. The molecule has 1 aromatic carbocycles. The fourth-order valence-corrected chi connectivity index (χ4v) is 1.11. The number of aromatic carboxylic acids is 1. The van der Waals surface area contributed by atoms with Crippen molar-refractivity contribution >= 4 is 21.9 Å². The number of hydrogen-bond donors (Lipinski definition) is 1. The van der Waals surface area contributed by atoms with Crippen molar-refractivity contribution in [3.05, 3.63) is 35.4 Å². The largest absolute Gasteiger partial charge is 0.478 e. The summed E-state index contributed by atoms with van der Waals surface area (Å²) in [7, 11) is 0. The second-order valence-electron chi connectivity index (χ2n) is 2.14. The lowest BCUT2D eigenvalue weighted by atomic mass is 10.2. The van der Waals surface area contributed by atoms with Crippen LogP contribution in [-0.2, 0) is 5.33 Å². The molecule has 0 aliphatic heterocycles. The summed E-state index contributed by atoms with van der Waals surface area (Å²) in [5.41, 5.74) is 1.41. The molecule has 0 radical (unpaired) electrons. The van der Waals surface area contributed by atoms with Crippen molar-refractivity contribution in [2.45, 2.75) is 12.8 Å². The third-order valence-electron chi connectivity index (χ3n) is 1.36. The van der Waals surface area contributed by atoms with E-state index in [-0.39, 0.29) is 7.43 Å². The van der Waals surface area contributed by atoms with Crippen LogP contribution in [0.5, 0.6) is 0 Å². The minimum atomic E-state index is -0.883. The first kappa shape index (κ1) is 11.2. The highest BCUT2D eigenvalue weighted by molar-refractivity contribution is 9.08. The van der Waals surface area contributed by atoms with Gasteiger partial charge in [-0.2, -0.15) is 0 Å². The van der Waals surface area contributed by atoms with Gasteiger partial charge in [0.25, 0.3) is 0 Å². The quantitative estimate of drug-likeness (QED) is 0.794. The number of carboxylic acid groups (broad SMARTS) is 1. The molecule has 0 saturated heterocycles. The van der Waals surface area contributed by atoms with Crippen LogP contribution in [0.2, 0.25) is 0 Å². The standard InChI is InChI=1S/C8H7BrO2.CH4/c9-5-6-1-3-7(4-2-6)8(10)11;/h1-4H,5H2,(H,10,11);1H4. The number of carbonyl (C=O) groups is 1. The van der Waals surface area contributed by atoms with Crippen LogP contribution in [-0.4, -0.2) is 11.1 Å². The Kier molecular flexibility index (Phi) is 4.59. The molecular weight excluding hydrogens is 220 g/mol. The Labute approximate surface area is 80.4 Å². The van der Waals surface area contributed by atoms with E-state index < -0.39 is 5.97 Å². The number of benzene rings is 1. The summed E-state index contributed by atoms with van der Waals surface area (Å²) in [5, 5.41) is 9.29. The molecule has 1 aromatic rings. The molecule has 2 nitrogen and oxygen atoms in total. The highest BCUT2D eigenvalue weighted by Crippen LogP contribution is 2.07. The van der Waals surface area contributed by atoms with Crippen LogP contribution < -0.4 is 0 Å². The Hall–Kier alpha value is -0.830. The van der Waals surface area contributed by atoms with Crippen LogP contribution in [0.15, 0.2) is 24.3 Å². The van der Waals surface area contributed by atoms with Gasteiger partial charge in [0, 0.05) is 5.33 Å². The summed E-state index contributed by atoms with van der Waals surface area (Å²) in [6.07, 6.45) is 0. The molecule has 0 saturated carbocycles. The molecule has 0 unspecified atom stereocenters. The Morgan fingerprint density at radius 1 is 1.33 bits per heavy atom. The second kappa shape index (κ2) is 4.93. The molecule has 3 heteroatoms. The van der Waals surface area contributed by atoms with Crippen molar-refractivity contribution in [1.82, 2.24) is 0 Å². The zero-order valence-electron chi connectivity index (χ0n) is 5.75. The number of carboxylic acids is 1. The zero-order chi connectivity index (χ0) is 8.27. The molecule has 0 bridgehead atoms. The van der Waals surface area contributed by atoms with E-state index in [0.29, 0.717) is 5.56 Å². The molecule has 1 N–H and O–H groups in total. The Morgan fingerprint density at radius 2 is 1.83 bits per heavy atom. The maximum atomic E-state index is 10.4. The van der Waals surface area contributed by atoms with Crippen LogP contribution in [0.1, 0.15) is 23.3 Å². The highest BCUT2D eigenvalue weighted by atomic mass is 79.9. The maximum Gasteiger partial charge on any atom is 0.335 e. The van der Waals surface area contributed by atoms with Gasteiger partial charge in [-0.05, 0) is 17.7 Å². The average Bonchev–Trinajstić information content (AvgIpc) is 2.05. The second-order valence-corrected chi connectivity index (χ2v) is 2.70. The van der Waals surface area contributed by atoms with E-state index in [0.717, 1.165) is 10.9 Å². The van der Waals surface area contributed by atoms with E-state index in [9.17, 15) is 4.79 Å². The van der Waals surface area contributed by atoms with Crippen molar-refractivity contribution in [3.63, 3.8) is 0 Å². The van der Waals surface area contributed by atoms with Crippen molar-refractivity contribution in [2.24, 2.45) is 0 Å². The van der Waals surface area contributed by atoms with Gasteiger partial charge in [-0.3, -0.25) is 0 Å². The first-order valence-electron chi connectivity index (χ1n) is 3.12. The van der Waals surface area contributed by atoms with Crippen molar-refractivity contribution in [3.8, 4) is 0 Å². The lowest BCUT2D eigenvalue weighted by molar-refractivity contribution is 0.0697. The van der Waals surface area contributed by atoms with E-state index in [1.807, 2.05) is 0 Å². The van der Waals surface area contributed by atoms with Gasteiger partial charge in [0.1, 0.15) is 0 Å².